The van der Waals surface area contributed by atoms with Gasteiger partial charge in [0.2, 0.25) is 0 Å². The molecule has 1 aromatic heterocycles. The number of ether oxygens (including phenoxy) is 1. The fourth-order valence-electron chi connectivity index (χ4n) is 3.24. The number of aromatic nitrogens is 1. The second kappa shape index (κ2) is 9.75. The number of nitrogens with two attached hydrogens (primary N) is 1. The Bertz CT molecular complexity index is 620. The van der Waals surface area contributed by atoms with Crippen molar-refractivity contribution in [1.82, 2.24) is 4.98 Å². The highest BCUT2D eigenvalue weighted by Gasteiger charge is 2.43. The van der Waals surface area contributed by atoms with Gasteiger partial charge in [-0.25, -0.2) is 4.79 Å². The minimum Gasteiger partial charge on any atom is -0.490 e. The number of nitrogens with zero attached hydrogens (tertiary/aromatic N) is 1. The lowest BCUT2D eigenvalue weighted by Gasteiger charge is -2.30. The highest BCUT2D eigenvalue weighted by Crippen LogP contribution is 2.28. The number of pyridine rings is 1. The Kier molecular flexibility index (Phi) is 7.94. The molecule has 27 heavy (non-hydrogen) atoms. The molecule has 0 radical (unpaired) electrons. The van der Waals surface area contributed by atoms with Gasteiger partial charge < -0.3 is 20.7 Å². The van der Waals surface area contributed by atoms with Gasteiger partial charge in [0.25, 0.3) is 0 Å². The molecule has 0 aromatic carbocycles. The van der Waals surface area contributed by atoms with Crippen LogP contribution in [0.3, 0.4) is 0 Å². The maximum atomic E-state index is 11.7. The molecule has 0 amide bonds. The monoisotopic (exact) mass is 396 g/mol. The zero-order chi connectivity index (χ0) is 20.0. The topological polar surface area (TPSA) is 106 Å². The molecule has 0 aliphatic heterocycles. The molecule has 0 bridgehead atoms. The van der Waals surface area contributed by atoms with Crippen LogP contribution in [0, 0.1) is 5.92 Å². The molecule has 1 aromatic rings. The van der Waals surface area contributed by atoms with Gasteiger partial charge in [0.15, 0.2) is 5.60 Å². The number of hydrogen-bond donors (Lipinski definition) is 3. The number of thioether (sulfide) groups is 1. The quantitative estimate of drug-likeness (QED) is 0.589. The van der Waals surface area contributed by atoms with Crippen molar-refractivity contribution in [3.8, 4) is 5.75 Å². The number of carbonyl (C=O) groups is 1. The maximum Gasteiger partial charge on any atom is 0.337 e. The Morgan fingerprint density at radius 1 is 1.41 bits per heavy atom. The van der Waals surface area contributed by atoms with Crippen molar-refractivity contribution in [3.05, 3.63) is 24.0 Å². The van der Waals surface area contributed by atoms with E-state index in [1.54, 1.807) is 18.3 Å². The van der Waals surface area contributed by atoms with Gasteiger partial charge in [0, 0.05) is 30.1 Å². The molecule has 0 unspecified atom stereocenters. The molecule has 0 spiro atoms. The number of aliphatic hydroxyl groups is 1. The number of rotatable bonds is 9. The van der Waals surface area contributed by atoms with E-state index in [2.05, 4.69) is 11.9 Å². The molecule has 1 aliphatic rings. The van der Waals surface area contributed by atoms with E-state index in [1.807, 2.05) is 13.8 Å². The second-order valence-electron chi connectivity index (χ2n) is 7.88. The summed E-state index contributed by atoms with van der Waals surface area (Å²) in [6, 6.07) is 2.60. The van der Waals surface area contributed by atoms with E-state index in [0.29, 0.717) is 22.4 Å². The Morgan fingerprint density at radius 3 is 2.67 bits per heavy atom. The van der Waals surface area contributed by atoms with Gasteiger partial charge >= 0.3 is 5.97 Å². The standard InChI is InChI=1S/C20H32N2O4S/c1-13(2)27-12-18(21)20(25,19(23)24)11-15-10-17(8-9-22-15)26-16-6-4-14(3)5-7-16/h8-10,13-14,16,18,25H,4-7,11-12,21H2,1-3H3,(H,23,24)/t14?,16?,18-,20+/m0/s1. The molecule has 1 fully saturated rings. The highest BCUT2D eigenvalue weighted by molar-refractivity contribution is 7.99. The summed E-state index contributed by atoms with van der Waals surface area (Å²) < 4.78 is 6.05. The molecule has 1 aliphatic carbocycles. The summed E-state index contributed by atoms with van der Waals surface area (Å²) in [5, 5.41) is 20.6. The van der Waals surface area contributed by atoms with Crippen LogP contribution in [0.2, 0.25) is 0 Å². The summed E-state index contributed by atoms with van der Waals surface area (Å²) >= 11 is 1.53. The molecule has 7 heteroatoms. The van der Waals surface area contributed by atoms with Crippen LogP contribution in [0.4, 0.5) is 0 Å². The van der Waals surface area contributed by atoms with Crippen LogP contribution in [0.1, 0.15) is 52.1 Å². The van der Waals surface area contributed by atoms with Crippen LogP contribution in [0.15, 0.2) is 18.3 Å². The average Bonchev–Trinajstić information content (AvgIpc) is 2.61. The lowest BCUT2D eigenvalue weighted by Crippen LogP contribution is -2.57. The lowest BCUT2D eigenvalue weighted by molar-refractivity contribution is -0.160. The minimum absolute atomic E-state index is 0.152. The number of aliphatic carboxylic acids is 1. The van der Waals surface area contributed by atoms with Gasteiger partial charge in [0.1, 0.15) is 5.75 Å². The molecule has 1 heterocycles. The largest absolute Gasteiger partial charge is 0.490 e. The summed E-state index contributed by atoms with van der Waals surface area (Å²) in [7, 11) is 0. The normalized spacial score (nSPS) is 23.6. The first-order valence-electron chi connectivity index (χ1n) is 9.65. The highest BCUT2D eigenvalue weighted by atomic mass is 32.2. The molecule has 4 N–H and O–H groups in total. The molecule has 0 saturated heterocycles. The van der Waals surface area contributed by atoms with Crippen molar-refractivity contribution in [2.24, 2.45) is 11.7 Å². The van der Waals surface area contributed by atoms with Crippen LogP contribution < -0.4 is 10.5 Å². The van der Waals surface area contributed by atoms with Gasteiger partial charge in [-0.05, 0) is 42.9 Å². The van der Waals surface area contributed by atoms with E-state index in [4.69, 9.17) is 10.5 Å². The Hall–Kier alpha value is -1.31. The summed E-state index contributed by atoms with van der Waals surface area (Å²) in [5.74, 6) is 0.441. The first-order valence-corrected chi connectivity index (χ1v) is 10.7. The van der Waals surface area contributed by atoms with E-state index >= 15 is 0 Å². The van der Waals surface area contributed by atoms with E-state index in [0.717, 1.165) is 31.6 Å². The minimum atomic E-state index is -2.06. The van der Waals surface area contributed by atoms with E-state index in [9.17, 15) is 15.0 Å². The third kappa shape index (κ3) is 6.36. The predicted molar refractivity (Wildman–Crippen MR) is 108 cm³/mol. The fraction of sp³-hybridized carbons (Fsp3) is 0.700. The van der Waals surface area contributed by atoms with Crippen LogP contribution in [0.5, 0.6) is 5.75 Å². The van der Waals surface area contributed by atoms with Crippen LogP contribution in [-0.2, 0) is 11.2 Å². The Balaban J connectivity index is 2.06. The SMILES string of the molecule is CC1CCC(Oc2ccnc(C[C@](O)(C(=O)O)[C@@H](N)CSC(C)C)c2)CC1. The predicted octanol–water partition coefficient (Wildman–Crippen LogP) is 2.87. The summed E-state index contributed by atoms with van der Waals surface area (Å²) in [5.41, 5.74) is 4.44. The van der Waals surface area contributed by atoms with Gasteiger partial charge in [-0.2, -0.15) is 11.8 Å². The third-order valence-electron chi connectivity index (χ3n) is 5.10. The van der Waals surface area contributed by atoms with Crippen LogP contribution in [0.25, 0.3) is 0 Å². The number of hydrogen-bond acceptors (Lipinski definition) is 6. The molecule has 2 rings (SSSR count). The molecule has 152 valence electrons. The van der Waals surface area contributed by atoms with Crippen molar-refractivity contribution >= 4 is 17.7 Å². The van der Waals surface area contributed by atoms with Gasteiger partial charge in [-0.3, -0.25) is 4.98 Å². The van der Waals surface area contributed by atoms with E-state index in [-0.39, 0.29) is 12.5 Å². The Morgan fingerprint density at radius 2 is 2.07 bits per heavy atom. The molecule has 6 nitrogen and oxygen atoms in total. The van der Waals surface area contributed by atoms with Gasteiger partial charge in [0.05, 0.1) is 12.1 Å². The smallest absolute Gasteiger partial charge is 0.337 e. The van der Waals surface area contributed by atoms with Gasteiger partial charge in [-0.1, -0.05) is 20.8 Å². The Labute approximate surface area is 165 Å². The lowest BCUT2D eigenvalue weighted by atomic mass is 9.89. The van der Waals surface area contributed by atoms with Crippen LogP contribution >= 0.6 is 11.8 Å². The summed E-state index contributed by atoms with van der Waals surface area (Å²) in [4.78, 5) is 16.0. The maximum absolute atomic E-state index is 11.7. The average molecular weight is 397 g/mol. The van der Waals surface area contributed by atoms with Crippen molar-refractivity contribution in [2.75, 3.05) is 5.75 Å². The molecule has 2 atom stereocenters. The summed E-state index contributed by atoms with van der Waals surface area (Å²) in [6.45, 7) is 6.27. The second-order valence-corrected chi connectivity index (χ2v) is 9.49. The zero-order valence-electron chi connectivity index (χ0n) is 16.4. The number of carboxylic acid groups (broad SMARTS) is 1. The third-order valence-corrected chi connectivity index (χ3v) is 6.32. The fourth-order valence-corrected chi connectivity index (χ4v) is 4.11. The van der Waals surface area contributed by atoms with Crippen molar-refractivity contribution in [1.29, 1.82) is 0 Å². The zero-order valence-corrected chi connectivity index (χ0v) is 17.2. The first-order chi connectivity index (χ1) is 12.7. The van der Waals surface area contributed by atoms with Crippen molar-refractivity contribution < 1.29 is 19.7 Å². The first kappa shape index (κ1) is 22.0. The van der Waals surface area contributed by atoms with Crippen molar-refractivity contribution in [3.63, 3.8) is 0 Å². The summed E-state index contributed by atoms with van der Waals surface area (Å²) in [6.07, 6.45) is 5.98. The van der Waals surface area contributed by atoms with Crippen molar-refractivity contribution in [2.45, 2.75) is 75.9 Å². The molecular weight excluding hydrogens is 364 g/mol. The van der Waals surface area contributed by atoms with E-state index in [1.165, 1.54) is 11.8 Å². The molecule has 1 saturated carbocycles. The van der Waals surface area contributed by atoms with Gasteiger partial charge in [-0.15, -0.1) is 0 Å². The van der Waals surface area contributed by atoms with Crippen LogP contribution in [-0.4, -0.2) is 49.9 Å². The van der Waals surface area contributed by atoms with E-state index < -0.39 is 17.6 Å². The molecular formula is C20H32N2O4S. The number of carboxylic acids is 1.